The molecule has 0 saturated carbocycles. The maximum absolute atomic E-state index is 11.8. The quantitative estimate of drug-likeness (QED) is 0.490. The molecule has 2 atom stereocenters. The number of ether oxygens (including phenoxy) is 1. The lowest BCUT2D eigenvalue weighted by atomic mass is 9.90. The molecule has 2 fully saturated rings. The zero-order valence-electron chi connectivity index (χ0n) is 8.66. The standard InChI is InChI=1S/C11H17NO2/c1-3-9-7-11(10(13)14-2)5-4-6-12(11)8-9/h3,9H,1,4-8H2,2H3/t9-,11+/m0/s1. The van der Waals surface area contributed by atoms with Crippen LogP contribution in [0, 0.1) is 5.92 Å². The van der Waals surface area contributed by atoms with Crippen molar-refractivity contribution < 1.29 is 9.53 Å². The molecule has 2 rings (SSSR count). The number of methoxy groups -OCH3 is 1. The fourth-order valence-corrected chi connectivity index (χ4v) is 2.88. The highest BCUT2D eigenvalue weighted by atomic mass is 16.5. The van der Waals surface area contributed by atoms with Gasteiger partial charge in [0.15, 0.2) is 0 Å². The van der Waals surface area contributed by atoms with Gasteiger partial charge in [-0.2, -0.15) is 0 Å². The number of nitrogens with zero attached hydrogens (tertiary/aromatic N) is 1. The second-order valence-corrected chi connectivity index (χ2v) is 4.27. The van der Waals surface area contributed by atoms with Gasteiger partial charge in [0.1, 0.15) is 5.54 Å². The average molecular weight is 195 g/mol. The lowest BCUT2D eigenvalue weighted by molar-refractivity contribution is -0.151. The van der Waals surface area contributed by atoms with Gasteiger partial charge in [-0.05, 0) is 31.7 Å². The number of esters is 1. The zero-order chi connectivity index (χ0) is 10.2. The summed E-state index contributed by atoms with van der Waals surface area (Å²) in [6.45, 7) is 5.81. The van der Waals surface area contributed by atoms with Gasteiger partial charge in [-0.3, -0.25) is 9.69 Å². The van der Waals surface area contributed by atoms with Crippen LogP contribution < -0.4 is 0 Å². The molecule has 14 heavy (non-hydrogen) atoms. The van der Waals surface area contributed by atoms with Gasteiger partial charge < -0.3 is 4.74 Å². The van der Waals surface area contributed by atoms with Gasteiger partial charge in [-0.15, -0.1) is 6.58 Å². The van der Waals surface area contributed by atoms with Crippen molar-refractivity contribution in [3.05, 3.63) is 12.7 Å². The molecule has 3 heteroatoms. The first-order valence-corrected chi connectivity index (χ1v) is 5.19. The minimum atomic E-state index is -0.312. The molecule has 0 spiro atoms. The Morgan fingerprint density at radius 2 is 2.50 bits per heavy atom. The van der Waals surface area contributed by atoms with Gasteiger partial charge in [0, 0.05) is 6.54 Å². The van der Waals surface area contributed by atoms with Crippen LogP contribution in [0.15, 0.2) is 12.7 Å². The SMILES string of the molecule is C=C[C@@H]1CN2CCC[C@]2(C(=O)OC)C1. The van der Waals surface area contributed by atoms with Crippen LogP contribution >= 0.6 is 0 Å². The molecule has 0 aromatic rings. The fourth-order valence-electron chi connectivity index (χ4n) is 2.88. The first-order valence-electron chi connectivity index (χ1n) is 5.19. The molecule has 2 saturated heterocycles. The Morgan fingerprint density at radius 1 is 1.71 bits per heavy atom. The number of fused-ring (bicyclic) bond motifs is 1. The summed E-state index contributed by atoms with van der Waals surface area (Å²) in [7, 11) is 1.48. The van der Waals surface area contributed by atoms with Crippen molar-refractivity contribution in [1.82, 2.24) is 4.90 Å². The zero-order valence-corrected chi connectivity index (χ0v) is 8.66. The van der Waals surface area contributed by atoms with Crippen molar-refractivity contribution in [1.29, 1.82) is 0 Å². The highest BCUT2D eigenvalue weighted by molar-refractivity contribution is 5.81. The topological polar surface area (TPSA) is 29.5 Å². The van der Waals surface area contributed by atoms with Crippen LogP contribution in [-0.2, 0) is 9.53 Å². The molecule has 2 aliphatic heterocycles. The first kappa shape index (κ1) is 9.71. The van der Waals surface area contributed by atoms with Crippen molar-refractivity contribution in [2.45, 2.75) is 24.8 Å². The molecule has 0 amide bonds. The van der Waals surface area contributed by atoms with E-state index in [0.717, 1.165) is 32.4 Å². The normalized spacial score (nSPS) is 36.8. The van der Waals surface area contributed by atoms with Crippen LogP contribution in [0.2, 0.25) is 0 Å². The molecule has 3 nitrogen and oxygen atoms in total. The molecule has 0 aromatic carbocycles. The van der Waals surface area contributed by atoms with Crippen LogP contribution in [0.5, 0.6) is 0 Å². The third-order valence-corrected chi connectivity index (χ3v) is 3.58. The molecular formula is C11H17NO2. The Labute approximate surface area is 84.7 Å². The number of hydrogen-bond donors (Lipinski definition) is 0. The van der Waals surface area contributed by atoms with E-state index in [1.54, 1.807) is 0 Å². The average Bonchev–Trinajstić information content (AvgIpc) is 2.72. The third kappa shape index (κ3) is 1.19. The molecule has 0 N–H and O–H groups in total. The summed E-state index contributed by atoms with van der Waals surface area (Å²) in [6, 6.07) is 0. The summed E-state index contributed by atoms with van der Waals surface area (Å²) >= 11 is 0. The van der Waals surface area contributed by atoms with Crippen molar-refractivity contribution in [2.75, 3.05) is 20.2 Å². The van der Waals surface area contributed by atoms with E-state index < -0.39 is 0 Å². The first-order chi connectivity index (χ1) is 6.73. The molecule has 0 bridgehead atoms. The third-order valence-electron chi connectivity index (χ3n) is 3.58. The Hall–Kier alpha value is -0.830. The minimum Gasteiger partial charge on any atom is -0.468 e. The van der Waals surface area contributed by atoms with Crippen LogP contribution in [-0.4, -0.2) is 36.6 Å². The van der Waals surface area contributed by atoms with E-state index in [-0.39, 0.29) is 11.5 Å². The molecule has 0 unspecified atom stereocenters. The van der Waals surface area contributed by atoms with Crippen molar-refractivity contribution >= 4 is 5.97 Å². The van der Waals surface area contributed by atoms with Gasteiger partial charge >= 0.3 is 5.97 Å². The lowest BCUT2D eigenvalue weighted by Crippen LogP contribution is -2.46. The second kappa shape index (κ2) is 3.39. The van der Waals surface area contributed by atoms with E-state index in [1.165, 1.54) is 7.11 Å². The Kier molecular flexibility index (Phi) is 2.35. The summed E-state index contributed by atoms with van der Waals surface area (Å²) in [5.74, 6) is 0.397. The van der Waals surface area contributed by atoms with Gasteiger partial charge in [-0.25, -0.2) is 0 Å². The van der Waals surface area contributed by atoms with E-state index in [4.69, 9.17) is 4.74 Å². The predicted octanol–water partition coefficient (Wildman–Crippen LogP) is 1.20. The second-order valence-electron chi connectivity index (χ2n) is 4.27. The van der Waals surface area contributed by atoms with Crippen molar-refractivity contribution in [3.8, 4) is 0 Å². The minimum absolute atomic E-state index is 0.0562. The summed E-state index contributed by atoms with van der Waals surface area (Å²) in [4.78, 5) is 14.0. The molecule has 0 aliphatic carbocycles. The van der Waals surface area contributed by atoms with Crippen molar-refractivity contribution in [3.63, 3.8) is 0 Å². The van der Waals surface area contributed by atoms with Crippen LogP contribution in [0.3, 0.4) is 0 Å². The number of carbonyl (C=O) groups excluding carboxylic acids is 1. The van der Waals surface area contributed by atoms with Gasteiger partial charge in [0.25, 0.3) is 0 Å². The van der Waals surface area contributed by atoms with Crippen LogP contribution in [0.25, 0.3) is 0 Å². The summed E-state index contributed by atoms with van der Waals surface area (Å²) in [6.07, 6.45) is 4.91. The number of hydrogen-bond acceptors (Lipinski definition) is 3. The highest BCUT2D eigenvalue weighted by Crippen LogP contribution is 2.42. The van der Waals surface area contributed by atoms with E-state index in [1.807, 2.05) is 6.08 Å². The van der Waals surface area contributed by atoms with E-state index in [0.29, 0.717) is 5.92 Å². The predicted molar refractivity (Wildman–Crippen MR) is 53.9 cm³/mol. The van der Waals surface area contributed by atoms with E-state index >= 15 is 0 Å². The molecule has 0 radical (unpaired) electrons. The fraction of sp³-hybridized carbons (Fsp3) is 0.727. The highest BCUT2D eigenvalue weighted by Gasteiger charge is 2.53. The smallest absolute Gasteiger partial charge is 0.326 e. The van der Waals surface area contributed by atoms with E-state index in [9.17, 15) is 4.79 Å². The Morgan fingerprint density at radius 3 is 3.14 bits per heavy atom. The number of rotatable bonds is 2. The monoisotopic (exact) mass is 195 g/mol. The summed E-state index contributed by atoms with van der Waals surface area (Å²) in [5.41, 5.74) is -0.312. The van der Waals surface area contributed by atoms with Gasteiger partial charge in [-0.1, -0.05) is 6.08 Å². The van der Waals surface area contributed by atoms with Crippen LogP contribution in [0.1, 0.15) is 19.3 Å². The maximum atomic E-state index is 11.8. The summed E-state index contributed by atoms with van der Waals surface area (Å²) < 4.78 is 4.92. The van der Waals surface area contributed by atoms with Gasteiger partial charge in [0.2, 0.25) is 0 Å². The largest absolute Gasteiger partial charge is 0.468 e. The lowest BCUT2D eigenvalue weighted by Gasteiger charge is -2.28. The molecule has 2 aliphatic rings. The number of carbonyl (C=O) groups is 1. The Bertz CT molecular complexity index is 264. The van der Waals surface area contributed by atoms with Gasteiger partial charge in [0.05, 0.1) is 7.11 Å². The Balaban J connectivity index is 2.22. The molecule has 0 aromatic heterocycles. The molecular weight excluding hydrogens is 178 g/mol. The summed E-state index contributed by atoms with van der Waals surface area (Å²) in [5, 5.41) is 0. The molecule has 78 valence electrons. The molecule has 2 heterocycles. The van der Waals surface area contributed by atoms with Crippen LogP contribution in [0.4, 0.5) is 0 Å². The van der Waals surface area contributed by atoms with Crippen molar-refractivity contribution in [2.24, 2.45) is 5.92 Å². The van der Waals surface area contributed by atoms with E-state index in [2.05, 4.69) is 11.5 Å². The maximum Gasteiger partial charge on any atom is 0.326 e.